The highest BCUT2D eigenvalue weighted by Crippen LogP contribution is 2.57. The standard InChI is InChI=1S/C28H31BrN6O4S/c1-3-17-9-19-7-8-20(29)11-26(19)40(38,39)34(14-17)15-18-5-4-6-21(10-18)35-27(24(13-30-35)28(36)37)23-12-22(23)25-16-33(2)32-31-25/h4-8,10-11,13,16-17,22-23,38-39H,3,9,12,14-15H2,1-2H3,(H,36,37)/t17?,22-,23-/m1/s1. The van der Waals surface area contributed by atoms with Gasteiger partial charge in [-0.1, -0.05) is 52.7 Å². The summed E-state index contributed by atoms with van der Waals surface area (Å²) in [7, 11) is -1.42. The number of halogens is 1. The third-order valence-corrected chi connectivity index (χ3v) is 10.4. The van der Waals surface area contributed by atoms with Gasteiger partial charge in [0.05, 0.1) is 28.2 Å². The number of aromatic nitrogens is 5. The second-order valence-electron chi connectivity index (χ2n) is 10.7. The predicted octanol–water partition coefficient (Wildman–Crippen LogP) is 5.84. The zero-order valence-corrected chi connectivity index (χ0v) is 24.6. The van der Waals surface area contributed by atoms with Crippen molar-refractivity contribution in [2.24, 2.45) is 13.0 Å². The van der Waals surface area contributed by atoms with Crippen LogP contribution in [0.2, 0.25) is 0 Å². The van der Waals surface area contributed by atoms with E-state index in [0.717, 1.165) is 46.2 Å². The summed E-state index contributed by atoms with van der Waals surface area (Å²) < 4.78 is 29.0. The number of benzene rings is 2. The van der Waals surface area contributed by atoms with Crippen molar-refractivity contribution in [3.63, 3.8) is 0 Å². The van der Waals surface area contributed by atoms with E-state index in [1.54, 1.807) is 13.7 Å². The quantitative estimate of drug-likeness (QED) is 0.233. The maximum Gasteiger partial charge on any atom is 0.339 e. The third kappa shape index (κ3) is 4.99. The maximum atomic E-state index is 12.1. The highest BCUT2D eigenvalue weighted by molar-refractivity contribution is 9.10. The van der Waals surface area contributed by atoms with Crippen LogP contribution >= 0.6 is 26.7 Å². The maximum absolute atomic E-state index is 12.1. The van der Waals surface area contributed by atoms with Crippen LogP contribution in [0.1, 0.15) is 64.5 Å². The molecule has 0 spiro atoms. The Labute approximate surface area is 242 Å². The molecule has 1 saturated carbocycles. The van der Waals surface area contributed by atoms with Crippen molar-refractivity contribution in [3.8, 4) is 5.69 Å². The lowest BCUT2D eigenvalue weighted by Gasteiger charge is -2.43. The molecule has 3 heterocycles. The first-order chi connectivity index (χ1) is 19.2. The van der Waals surface area contributed by atoms with Gasteiger partial charge in [-0.2, -0.15) is 9.40 Å². The number of hydrogen-bond donors (Lipinski definition) is 3. The van der Waals surface area contributed by atoms with Crippen molar-refractivity contribution < 1.29 is 19.0 Å². The molecular weight excluding hydrogens is 596 g/mol. The number of nitrogens with zero attached hydrogens (tertiary/aromatic N) is 6. The van der Waals surface area contributed by atoms with Gasteiger partial charge in [-0.25, -0.2) is 9.48 Å². The summed E-state index contributed by atoms with van der Waals surface area (Å²) in [5.41, 5.74) is 4.24. The van der Waals surface area contributed by atoms with Crippen LogP contribution in [0, 0.1) is 5.92 Å². The molecule has 1 aliphatic carbocycles. The van der Waals surface area contributed by atoms with Crippen molar-refractivity contribution in [1.29, 1.82) is 0 Å². The minimum absolute atomic E-state index is 0.0354. The van der Waals surface area contributed by atoms with Gasteiger partial charge < -0.3 is 5.11 Å². The smallest absolute Gasteiger partial charge is 0.339 e. The third-order valence-electron chi connectivity index (χ3n) is 7.92. The van der Waals surface area contributed by atoms with Gasteiger partial charge in [-0.05, 0) is 54.2 Å². The van der Waals surface area contributed by atoms with E-state index < -0.39 is 16.7 Å². The molecule has 1 fully saturated rings. The fourth-order valence-electron chi connectivity index (χ4n) is 5.72. The SMILES string of the molecule is CCC1Cc2ccc(Br)cc2S(O)(O)N(Cc2cccc(-n3ncc(C(=O)O)c3[C@@H]3C[C@H]3c3cn(C)nn3)c2)C1. The average molecular weight is 628 g/mol. The fraction of sp³-hybridized carbons (Fsp3) is 0.357. The highest BCUT2D eigenvalue weighted by atomic mass is 79.9. The van der Waals surface area contributed by atoms with Crippen LogP contribution in [0.15, 0.2) is 64.2 Å². The Balaban J connectivity index is 1.33. The Hall–Kier alpha value is -3.03. The van der Waals surface area contributed by atoms with Crippen LogP contribution in [0.4, 0.5) is 0 Å². The van der Waals surface area contributed by atoms with Crippen LogP contribution in [-0.2, 0) is 20.0 Å². The van der Waals surface area contributed by atoms with Crippen LogP contribution in [0.3, 0.4) is 0 Å². The zero-order valence-electron chi connectivity index (χ0n) is 22.2. The molecular formula is C28H31BrN6O4S. The number of carboxylic acid groups (broad SMARTS) is 1. The van der Waals surface area contributed by atoms with Crippen LogP contribution in [0.25, 0.3) is 5.69 Å². The van der Waals surface area contributed by atoms with Crippen LogP contribution in [-0.4, -0.2) is 55.8 Å². The largest absolute Gasteiger partial charge is 0.478 e. The molecule has 2 aliphatic rings. The van der Waals surface area contributed by atoms with Gasteiger partial charge in [0.25, 0.3) is 0 Å². The Bertz CT molecular complexity index is 1590. The summed E-state index contributed by atoms with van der Waals surface area (Å²) in [6, 6.07) is 13.4. The van der Waals surface area contributed by atoms with E-state index >= 15 is 0 Å². The van der Waals surface area contributed by atoms with Gasteiger partial charge in [0.1, 0.15) is 5.56 Å². The monoisotopic (exact) mass is 626 g/mol. The summed E-state index contributed by atoms with van der Waals surface area (Å²) in [6.45, 7) is 3.00. The van der Waals surface area contributed by atoms with E-state index in [9.17, 15) is 19.0 Å². The molecule has 40 heavy (non-hydrogen) atoms. The Morgan fingerprint density at radius 3 is 2.73 bits per heavy atom. The van der Waals surface area contributed by atoms with Crippen LogP contribution < -0.4 is 0 Å². The Kier molecular flexibility index (Phi) is 7.07. The van der Waals surface area contributed by atoms with E-state index in [2.05, 4.69) is 38.3 Å². The predicted molar refractivity (Wildman–Crippen MR) is 155 cm³/mol. The van der Waals surface area contributed by atoms with E-state index in [-0.39, 0.29) is 23.3 Å². The molecule has 0 saturated heterocycles. The van der Waals surface area contributed by atoms with E-state index in [1.165, 1.54) is 6.20 Å². The van der Waals surface area contributed by atoms with Crippen molar-refractivity contribution in [1.82, 2.24) is 29.1 Å². The molecule has 4 aromatic rings. The molecule has 1 aliphatic heterocycles. The molecule has 6 rings (SSSR count). The van der Waals surface area contributed by atoms with E-state index in [4.69, 9.17) is 0 Å². The Morgan fingerprint density at radius 1 is 1.18 bits per heavy atom. The summed E-state index contributed by atoms with van der Waals surface area (Å²) in [6.07, 6.45) is 5.75. The van der Waals surface area contributed by atoms with Gasteiger partial charge in [0.15, 0.2) is 0 Å². The van der Waals surface area contributed by atoms with Crippen molar-refractivity contribution in [2.45, 2.75) is 49.5 Å². The summed E-state index contributed by atoms with van der Waals surface area (Å²) in [5.74, 6) is -0.690. The normalized spacial score (nSPS) is 22.9. The van der Waals surface area contributed by atoms with E-state index in [1.807, 2.05) is 55.7 Å². The number of rotatable bonds is 7. The van der Waals surface area contributed by atoms with Gasteiger partial charge in [0, 0.05) is 42.6 Å². The Morgan fingerprint density at radius 2 is 2.00 bits per heavy atom. The molecule has 2 aromatic carbocycles. The summed E-state index contributed by atoms with van der Waals surface area (Å²) in [4.78, 5) is 12.7. The number of fused-ring (bicyclic) bond motifs is 1. The topological polar surface area (TPSA) is 130 Å². The number of aryl methyl sites for hydroxylation is 1. The lowest BCUT2D eigenvalue weighted by molar-refractivity contribution is 0.0695. The molecule has 2 aromatic heterocycles. The molecule has 10 nitrogen and oxygen atoms in total. The second kappa shape index (κ2) is 10.4. The molecule has 0 amide bonds. The second-order valence-corrected chi connectivity index (χ2v) is 13.6. The van der Waals surface area contributed by atoms with Gasteiger partial charge >= 0.3 is 5.97 Å². The molecule has 3 N–H and O–H groups in total. The van der Waals surface area contributed by atoms with Crippen molar-refractivity contribution in [3.05, 3.63) is 87.4 Å². The first-order valence-electron chi connectivity index (χ1n) is 13.2. The van der Waals surface area contributed by atoms with Gasteiger partial charge in [-0.3, -0.25) is 13.8 Å². The zero-order chi connectivity index (χ0) is 28.2. The first kappa shape index (κ1) is 27.2. The molecule has 12 heteroatoms. The molecule has 1 unspecified atom stereocenters. The first-order valence-corrected chi connectivity index (χ1v) is 15.5. The lowest BCUT2D eigenvalue weighted by Crippen LogP contribution is -2.30. The van der Waals surface area contributed by atoms with Gasteiger partial charge in [-0.15, -0.1) is 15.9 Å². The van der Waals surface area contributed by atoms with Crippen molar-refractivity contribution in [2.75, 3.05) is 6.54 Å². The fourth-order valence-corrected chi connectivity index (χ4v) is 8.05. The lowest BCUT2D eigenvalue weighted by atomic mass is 9.97. The van der Waals surface area contributed by atoms with Crippen molar-refractivity contribution >= 4 is 32.7 Å². The number of carboxylic acids is 1. The number of hydrogen-bond acceptors (Lipinski definition) is 7. The number of carbonyl (C=O) groups is 1. The summed E-state index contributed by atoms with van der Waals surface area (Å²) >= 11 is 3.49. The minimum Gasteiger partial charge on any atom is -0.478 e. The van der Waals surface area contributed by atoms with Gasteiger partial charge in [0.2, 0.25) is 0 Å². The number of aromatic carboxylic acids is 1. The highest BCUT2D eigenvalue weighted by Gasteiger charge is 2.46. The minimum atomic E-state index is -3.23. The van der Waals surface area contributed by atoms with E-state index in [0.29, 0.717) is 23.7 Å². The van der Waals surface area contributed by atoms with Crippen LogP contribution in [0.5, 0.6) is 0 Å². The average Bonchev–Trinajstić information content (AvgIpc) is 3.40. The molecule has 3 atom stereocenters. The molecule has 210 valence electrons. The molecule has 0 radical (unpaired) electrons. The molecule has 0 bridgehead atoms. The summed E-state index contributed by atoms with van der Waals surface area (Å²) in [5, 5.41) is 22.7.